The first-order valence-electron chi connectivity index (χ1n) is 8.30. The summed E-state index contributed by atoms with van der Waals surface area (Å²) >= 11 is 0. The predicted octanol–water partition coefficient (Wildman–Crippen LogP) is 0.478. The number of amides is 2. The van der Waals surface area contributed by atoms with Gasteiger partial charge in [0, 0.05) is 18.8 Å². The first kappa shape index (κ1) is 16.0. The van der Waals surface area contributed by atoms with Gasteiger partial charge in [-0.25, -0.2) is 0 Å². The Kier molecular flexibility index (Phi) is 4.95. The maximum Gasteiger partial charge on any atom is 0.251 e. The molecular formula is C16H24N4O3. The van der Waals surface area contributed by atoms with Gasteiger partial charge in [0.25, 0.3) is 5.91 Å². The molecule has 1 saturated carbocycles. The van der Waals surface area contributed by atoms with Crippen molar-refractivity contribution in [3.8, 4) is 0 Å². The number of rotatable bonds is 4. The van der Waals surface area contributed by atoms with Crippen LogP contribution in [0.3, 0.4) is 0 Å². The Balaban J connectivity index is 1.52. The molecule has 1 N–H and O–H groups in total. The van der Waals surface area contributed by atoms with Crippen LogP contribution in [0.1, 0.15) is 31.2 Å². The van der Waals surface area contributed by atoms with Gasteiger partial charge in [-0.1, -0.05) is 12.8 Å². The number of aryl methyl sites for hydroxylation is 1. The molecule has 0 radical (unpaired) electrons. The molecule has 1 atom stereocenters. The Bertz CT molecular complexity index is 565. The summed E-state index contributed by atoms with van der Waals surface area (Å²) < 4.78 is 7.18. The summed E-state index contributed by atoms with van der Waals surface area (Å²) in [6.07, 6.45) is 7.43. The highest BCUT2D eigenvalue weighted by Crippen LogP contribution is 2.18. The minimum absolute atomic E-state index is 0.0323. The van der Waals surface area contributed by atoms with E-state index in [-0.39, 0.29) is 24.4 Å². The maximum absolute atomic E-state index is 12.4. The minimum atomic E-state index is -0.562. The average Bonchev–Trinajstić information content (AvgIpc) is 3.19. The van der Waals surface area contributed by atoms with Crippen LogP contribution >= 0.6 is 0 Å². The molecule has 0 aromatic carbocycles. The molecule has 2 amide bonds. The fourth-order valence-corrected chi connectivity index (χ4v) is 3.19. The molecule has 7 nitrogen and oxygen atoms in total. The van der Waals surface area contributed by atoms with E-state index in [0.717, 1.165) is 18.4 Å². The monoisotopic (exact) mass is 320 g/mol. The van der Waals surface area contributed by atoms with Crippen LogP contribution in [0.2, 0.25) is 0 Å². The number of ether oxygens (including phenoxy) is 1. The Morgan fingerprint density at radius 2 is 2.17 bits per heavy atom. The molecular weight excluding hydrogens is 296 g/mol. The average molecular weight is 320 g/mol. The van der Waals surface area contributed by atoms with Crippen molar-refractivity contribution in [1.82, 2.24) is 20.0 Å². The van der Waals surface area contributed by atoms with Crippen LogP contribution in [0.25, 0.3) is 0 Å². The van der Waals surface area contributed by atoms with Crippen LogP contribution in [0, 0.1) is 6.92 Å². The minimum Gasteiger partial charge on any atom is -0.365 e. The van der Waals surface area contributed by atoms with Gasteiger partial charge in [-0.15, -0.1) is 0 Å². The summed E-state index contributed by atoms with van der Waals surface area (Å²) in [6.45, 7) is 3.37. The molecule has 0 bridgehead atoms. The summed E-state index contributed by atoms with van der Waals surface area (Å²) in [5.74, 6) is -0.126. The van der Waals surface area contributed by atoms with E-state index in [4.69, 9.17) is 4.74 Å². The van der Waals surface area contributed by atoms with Crippen LogP contribution in [0.15, 0.2) is 12.4 Å². The highest BCUT2D eigenvalue weighted by Gasteiger charge is 2.30. The van der Waals surface area contributed by atoms with Crippen molar-refractivity contribution in [3.05, 3.63) is 18.0 Å². The third kappa shape index (κ3) is 4.10. The first-order valence-corrected chi connectivity index (χ1v) is 8.30. The van der Waals surface area contributed by atoms with Gasteiger partial charge in [-0.2, -0.15) is 5.10 Å². The zero-order chi connectivity index (χ0) is 16.2. The number of carbonyl (C=O) groups excluding carboxylic acids is 2. The Morgan fingerprint density at radius 3 is 2.87 bits per heavy atom. The van der Waals surface area contributed by atoms with E-state index in [0.29, 0.717) is 19.7 Å². The van der Waals surface area contributed by atoms with E-state index >= 15 is 0 Å². The molecule has 2 heterocycles. The normalized spacial score (nSPS) is 22.3. The number of hydrogen-bond donors (Lipinski definition) is 1. The largest absolute Gasteiger partial charge is 0.365 e. The summed E-state index contributed by atoms with van der Waals surface area (Å²) in [7, 11) is 0. The number of nitrogens with zero attached hydrogens (tertiary/aromatic N) is 3. The van der Waals surface area contributed by atoms with Crippen molar-refractivity contribution >= 4 is 11.8 Å². The van der Waals surface area contributed by atoms with E-state index in [2.05, 4.69) is 10.4 Å². The van der Waals surface area contributed by atoms with Gasteiger partial charge in [0.05, 0.1) is 19.3 Å². The van der Waals surface area contributed by atoms with Gasteiger partial charge >= 0.3 is 0 Å². The molecule has 3 rings (SSSR count). The molecule has 0 spiro atoms. The zero-order valence-electron chi connectivity index (χ0n) is 13.5. The van der Waals surface area contributed by atoms with Gasteiger partial charge in [-0.3, -0.25) is 14.3 Å². The lowest BCUT2D eigenvalue weighted by Crippen LogP contribution is -2.53. The van der Waals surface area contributed by atoms with Crippen LogP contribution in [0.5, 0.6) is 0 Å². The first-order chi connectivity index (χ1) is 11.1. The van der Waals surface area contributed by atoms with E-state index in [9.17, 15) is 9.59 Å². The Labute approximate surface area is 136 Å². The molecule has 2 fully saturated rings. The quantitative estimate of drug-likeness (QED) is 0.875. The topological polar surface area (TPSA) is 76.5 Å². The number of morpholine rings is 1. The van der Waals surface area contributed by atoms with Crippen LogP contribution in [0.4, 0.5) is 0 Å². The zero-order valence-corrected chi connectivity index (χ0v) is 13.5. The highest BCUT2D eigenvalue weighted by atomic mass is 16.5. The fourth-order valence-electron chi connectivity index (χ4n) is 3.19. The van der Waals surface area contributed by atoms with E-state index in [1.165, 1.54) is 12.8 Å². The third-order valence-electron chi connectivity index (χ3n) is 4.47. The molecule has 0 unspecified atom stereocenters. The number of hydrogen-bond acceptors (Lipinski definition) is 4. The molecule has 23 heavy (non-hydrogen) atoms. The van der Waals surface area contributed by atoms with Gasteiger partial charge < -0.3 is 15.0 Å². The molecule has 1 aliphatic heterocycles. The molecule has 7 heteroatoms. The van der Waals surface area contributed by atoms with Gasteiger partial charge in [0.2, 0.25) is 5.91 Å². The SMILES string of the molecule is Cc1cnn(CC(=O)N2CCO[C@H](C(=O)NC3CCCC3)C2)c1. The van der Waals surface area contributed by atoms with Gasteiger partial charge in [0.1, 0.15) is 6.54 Å². The van der Waals surface area contributed by atoms with E-state index in [1.807, 2.05) is 13.1 Å². The maximum atomic E-state index is 12.4. The summed E-state index contributed by atoms with van der Waals surface area (Å²) in [5.41, 5.74) is 1.02. The molecule has 1 aliphatic carbocycles. The highest BCUT2D eigenvalue weighted by molar-refractivity contribution is 5.83. The predicted molar refractivity (Wildman–Crippen MR) is 83.7 cm³/mol. The smallest absolute Gasteiger partial charge is 0.251 e. The second kappa shape index (κ2) is 7.12. The lowest BCUT2D eigenvalue weighted by molar-refractivity contribution is -0.148. The Morgan fingerprint density at radius 1 is 1.39 bits per heavy atom. The fraction of sp³-hybridized carbons (Fsp3) is 0.688. The van der Waals surface area contributed by atoms with Crippen molar-refractivity contribution in [3.63, 3.8) is 0 Å². The number of nitrogens with one attached hydrogen (secondary N) is 1. The Hall–Kier alpha value is -1.89. The summed E-state index contributed by atoms with van der Waals surface area (Å²) in [5, 5.41) is 7.17. The van der Waals surface area contributed by atoms with Gasteiger partial charge in [0.15, 0.2) is 6.10 Å². The van der Waals surface area contributed by atoms with Crippen LogP contribution < -0.4 is 5.32 Å². The number of carbonyl (C=O) groups is 2. The summed E-state index contributed by atoms with van der Waals surface area (Å²) in [6, 6.07) is 0.268. The molecule has 2 aliphatic rings. The third-order valence-corrected chi connectivity index (χ3v) is 4.47. The lowest BCUT2D eigenvalue weighted by Gasteiger charge is -2.32. The molecule has 1 aromatic heterocycles. The second-order valence-corrected chi connectivity index (χ2v) is 6.40. The van der Waals surface area contributed by atoms with Crippen LogP contribution in [-0.4, -0.2) is 58.3 Å². The van der Waals surface area contributed by atoms with E-state index < -0.39 is 6.10 Å². The van der Waals surface area contributed by atoms with Crippen molar-refractivity contribution in [2.24, 2.45) is 0 Å². The summed E-state index contributed by atoms with van der Waals surface area (Å²) in [4.78, 5) is 26.4. The van der Waals surface area contributed by atoms with Crippen molar-refractivity contribution in [2.75, 3.05) is 19.7 Å². The number of aromatic nitrogens is 2. The molecule has 1 saturated heterocycles. The molecule has 1 aromatic rings. The van der Waals surface area contributed by atoms with Crippen molar-refractivity contribution < 1.29 is 14.3 Å². The standard InChI is InChI=1S/C16H24N4O3/c1-12-8-17-20(9-12)11-15(21)19-6-7-23-14(10-19)16(22)18-13-4-2-3-5-13/h8-9,13-14H,2-7,10-11H2,1H3,(H,18,22)/t14-/m0/s1. The lowest BCUT2D eigenvalue weighted by atomic mass is 10.2. The van der Waals surface area contributed by atoms with E-state index in [1.54, 1.807) is 15.8 Å². The molecule has 126 valence electrons. The van der Waals surface area contributed by atoms with Crippen molar-refractivity contribution in [2.45, 2.75) is 51.3 Å². The van der Waals surface area contributed by atoms with Crippen LogP contribution in [-0.2, 0) is 20.9 Å². The second-order valence-electron chi connectivity index (χ2n) is 6.40. The van der Waals surface area contributed by atoms with Crippen molar-refractivity contribution in [1.29, 1.82) is 0 Å². The van der Waals surface area contributed by atoms with Gasteiger partial charge in [-0.05, 0) is 25.3 Å².